The fourth-order valence-corrected chi connectivity index (χ4v) is 2.81. The topological polar surface area (TPSA) is 68.0 Å². The van der Waals surface area contributed by atoms with Crippen LogP contribution in [0.1, 0.15) is 36.0 Å². The van der Waals surface area contributed by atoms with E-state index < -0.39 is 11.9 Å². The minimum Gasteiger partial charge on any atom is -0.481 e. The summed E-state index contributed by atoms with van der Waals surface area (Å²) >= 11 is 6.15. The maximum absolute atomic E-state index is 11.2. The van der Waals surface area contributed by atoms with E-state index in [1.165, 1.54) is 0 Å². The number of carboxylic acid groups (broad SMARTS) is 1. The van der Waals surface area contributed by atoms with E-state index in [0.29, 0.717) is 23.7 Å². The average Bonchev–Trinajstić information content (AvgIpc) is 2.84. The molecule has 5 nitrogen and oxygen atoms in total. The van der Waals surface area contributed by atoms with Gasteiger partial charge in [0.2, 0.25) is 0 Å². The summed E-state index contributed by atoms with van der Waals surface area (Å²) in [5.41, 5.74) is 0.974. The zero-order chi connectivity index (χ0) is 14.1. The lowest BCUT2D eigenvalue weighted by molar-refractivity contribution is -0.139. The Hall–Kier alpha value is -1.88. The Labute approximate surface area is 121 Å². The minimum atomic E-state index is -0.831. The lowest BCUT2D eigenvalue weighted by Gasteiger charge is -2.20. The normalized spacial score (nSPS) is 17.8. The SMILES string of the molecule is O=C(O)C1CCCn2c(Cc3ccccc3Cl)nnc21. The molecule has 0 amide bonds. The van der Waals surface area contributed by atoms with Gasteiger partial charge in [0, 0.05) is 18.0 Å². The van der Waals surface area contributed by atoms with Gasteiger partial charge < -0.3 is 9.67 Å². The molecule has 3 rings (SSSR count). The summed E-state index contributed by atoms with van der Waals surface area (Å²) in [6.07, 6.45) is 2.02. The number of halogens is 1. The molecule has 1 atom stereocenters. The Morgan fingerprint density at radius 1 is 1.40 bits per heavy atom. The zero-order valence-electron chi connectivity index (χ0n) is 10.8. The Morgan fingerprint density at radius 3 is 2.95 bits per heavy atom. The summed E-state index contributed by atoms with van der Waals surface area (Å²) in [5, 5.41) is 18.1. The van der Waals surface area contributed by atoms with E-state index in [0.717, 1.165) is 24.4 Å². The number of hydrogen-bond donors (Lipinski definition) is 1. The Balaban J connectivity index is 1.93. The average molecular weight is 292 g/mol. The van der Waals surface area contributed by atoms with Crippen molar-refractivity contribution in [3.05, 3.63) is 46.5 Å². The summed E-state index contributed by atoms with van der Waals surface area (Å²) in [4.78, 5) is 11.2. The number of rotatable bonds is 3. The molecule has 0 spiro atoms. The van der Waals surface area contributed by atoms with E-state index in [2.05, 4.69) is 10.2 Å². The van der Waals surface area contributed by atoms with E-state index in [1.807, 2.05) is 28.8 Å². The van der Waals surface area contributed by atoms with Crippen LogP contribution in [0.2, 0.25) is 5.02 Å². The van der Waals surface area contributed by atoms with Crippen molar-refractivity contribution in [3.8, 4) is 0 Å². The third kappa shape index (κ3) is 2.29. The highest BCUT2D eigenvalue weighted by atomic mass is 35.5. The van der Waals surface area contributed by atoms with Crippen molar-refractivity contribution in [2.45, 2.75) is 31.7 Å². The predicted molar refractivity (Wildman–Crippen MR) is 73.9 cm³/mol. The quantitative estimate of drug-likeness (QED) is 0.943. The van der Waals surface area contributed by atoms with Crippen molar-refractivity contribution in [3.63, 3.8) is 0 Å². The van der Waals surface area contributed by atoms with Gasteiger partial charge in [0.1, 0.15) is 17.6 Å². The molecular weight excluding hydrogens is 278 g/mol. The zero-order valence-corrected chi connectivity index (χ0v) is 11.5. The molecule has 0 bridgehead atoms. The molecule has 1 aliphatic rings. The standard InChI is InChI=1S/C14H14ClN3O2/c15-11-6-2-1-4-9(11)8-12-16-17-13-10(14(19)20)5-3-7-18(12)13/h1-2,4,6,10H,3,5,7-8H2,(H,19,20). The van der Waals surface area contributed by atoms with Crippen molar-refractivity contribution in [1.82, 2.24) is 14.8 Å². The van der Waals surface area contributed by atoms with Gasteiger partial charge in [0.15, 0.2) is 0 Å². The van der Waals surface area contributed by atoms with Gasteiger partial charge >= 0.3 is 5.97 Å². The first kappa shape index (κ1) is 13.1. The van der Waals surface area contributed by atoms with Crippen molar-refractivity contribution in [2.24, 2.45) is 0 Å². The fraction of sp³-hybridized carbons (Fsp3) is 0.357. The maximum Gasteiger partial charge on any atom is 0.314 e. The Morgan fingerprint density at radius 2 is 2.20 bits per heavy atom. The monoisotopic (exact) mass is 291 g/mol. The van der Waals surface area contributed by atoms with Crippen LogP contribution >= 0.6 is 11.6 Å². The summed E-state index contributed by atoms with van der Waals surface area (Å²) in [6.45, 7) is 0.770. The number of carboxylic acids is 1. The molecule has 1 unspecified atom stereocenters. The molecule has 0 saturated heterocycles. The van der Waals surface area contributed by atoms with Gasteiger partial charge in [-0.25, -0.2) is 0 Å². The molecule has 20 heavy (non-hydrogen) atoms. The summed E-state index contributed by atoms with van der Waals surface area (Å²) in [5.74, 6) is -0.0382. The van der Waals surface area contributed by atoms with Crippen LogP contribution in [0, 0.1) is 0 Å². The largest absolute Gasteiger partial charge is 0.481 e. The van der Waals surface area contributed by atoms with Gasteiger partial charge in [-0.2, -0.15) is 0 Å². The number of nitrogens with zero attached hydrogens (tertiary/aromatic N) is 3. The molecule has 1 aromatic carbocycles. The summed E-state index contributed by atoms with van der Waals surface area (Å²) in [6, 6.07) is 7.59. The Kier molecular flexibility index (Phi) is 3.44. The molecular formula is C14H14ClN3O2. The third-order valence-electron chi connectivity index (χ3n) is 3.65. The number of hydrogen-bond acceptors (Lipinski definition) is 3. The Bertz CT molecular complexity index is 654. The van der Waals surface area contributed by atoms with E-state index in [4.69, 9.17) is 11.6 Å². The van der Waals surface area contributed by atoms with E-state index in [-0.39, 0.29) is 0 Å². The third-order valence-corrected chi connectivity index (χ3v) is 4.02. The van der Waals surface area contributed by atoms with Crippen molar-refractivity contribution in [1.29, 1.82) is 0 Å². The van der Waals surface area contributed by atoms with Gasteiger partial charge in [-0.1, -0.05) is 29.8 Å². The molecule has 1 N–H and O–H groups in total. The van der Waals surface area contributed by atoms with Crippen LogP contribution in [0.4, 0.5) is 0 Å². The van der Waals surface area contributed by atoms with Crippen molar-refractivity contribution >= 4 is 17.6 Å². The highest BCUT2D eigenvalue weighted by Gasteiger charge is 2.30. The molecule has 2 aromatic rings. The molecule has 2 heterocycles. The second-order valence-corrected chi connectivity index (χ2v) is 5.33. The highest BCUT2D eigenvalue weighted by molar-refractivity contribution is 6.31. The molecule has 0 radical (unpaired) electrons. The second-order valence-electron chi connectivity index (χ2n) is 4.93. The van der Waals surface area contributed by atoms with Gasteiger partial charge in [0.25, 0.3) is 0 Å². The summed E-state index contributed by atoms with van der Waals surface area (Å²) < 4.78 is 1.92. The number of carbonyl (C=O) groups is 1. The van der Waals surface area contributed by atoms with Crippen LogP contribution < -0.4 is 0 Å². The van der Waals surface area contributed by atoms with E-state index in [1.54, 1.807) is 0 Å². The molecule has 0 saturated carbocycles. The van der Waals surface area contributed by atoms with Crippen molar-refractivity contribution in [2.75, 3.05) is 0 Å². The number of aromatic nitrogens is 3. The first-order valence-corrected chi connectivity index (χ1v) is 6.93. The number of aliphatic carboxylic acids is 1. The first-order valence-electron chi connectivity index (χ1n) is 6.55. The van der Waals surface area contributed by atoms with E-state index in [9.17, 15) is 9.90 Å². The smallest absolute Gasteiger partial charge is 0.314 e. The van der Waals surface area contributed by atoms with E-state index >= 15 is 0 Å². The fourth-order valence-electron chi connectivity index (χ4n) is 2.61. The van der Waals surface area contributed by atoms with Gasteiger partial charge in [-0.05, 0) is 24.5 Å². The van der Waals surface area contributed by atoms with Gasteiger partial charge in [-0.15, -0.1) is 10.2 Å². The molecule has 6 heteroatoms. The van der Waals surface area contributed by atoms with Gasteiger partial charge in [0.05, 0.1) is 0 Å². The molecule has 1 aromatic heterocycles. The predicted octanol–water partition coefficient (Wildman–Crippen LogP) is 2.48. The van der Waals surface area contributed by atoms with Gasteiger partial charge in [-0.3, -0.25) is 4.79 Å². The molecule has 0 fully saturated rings. The van der Waals surface area contributed by atoms with Crippen LogP contribution in [-0.2, 0) is 17.8 Å². The maximum atomic E-state index is 11.2. The van der Waals surface area contributed by atoms with Crippen LogP contribution in [0.15, 0.2) is 24.3 Å². The number of fused-ring (bicyclic) bond motifs is 1. The lowest BCUT2D eigenvalue weighted by Crippen LogP contribution is -2.23. The molecule has 0 aliphatic carbocycles. The van der Waals surface area contributed by atoms with Crippen LogP contribution in [0.5, 0.6) is 0 Å². The second kappa shape index (κ2) is 5.25. The van der Waals surface area contributed by atoms with Crippen LogP contribution in [0.3, 0.4) is 0 Å². The highest BCUT2D eigenvalue weighted by Crippen LogP contribution is 2.28. The summed E-state index contributed by atoms with van der Waals surface area (Å²) in [7, 11) is 0. The first-order chi connectivity index (χ1) is 9.66. The van der Waals surface area contributed by atoms with Crippen LogP contribution in [0.25, 0.3) is 0 Å². The molecule has 1 aliphatic heterocycles. The lowest BCUT2D eigenvalue weighted by atomic mass is 9.99. The minimum absolute atomic E-state index is 0.545. The molecule has 104 valence electrons. The number of benzene rings is 1. The van der Waals surface area contributed by atoms with Crippen molar-refractivity contribution < 1.29 is 9.90 Å². The van der Waals surface area contributed by atoms with Crippen LogP contribution in [-0.4, -0.2) is 25.8 Å².